The number of aromatic nitrogens is 1. The molecule has 0 amide bonds. The number of hydrogen-bond acceptors (Lipinski definition) is 3. The van der Waals surface area contributed by atoms with E-state index in [1.54, 1.807) is 0 Å². The van der Waals surface area contributed by atoms with Gasteiger partial charge in [0.2, 0.25) is 5.78 Å². The number of azo groups is 1. The first-order valence-electron chi connectivity index (χ1n) is 9.38. The summed E-state index contributed by atoms with van der Waals surface area (Å²) in [5.74, 6) is -0.0449. The Hall–Kier alpha value is -3.53. The van der Waals surface area contributed by atoms with Gasteiger partial charge in [0.05, 0.1) is 11.2 Å². The maximum atomic E-state index is 13.3. The van der Waals surface area contributed by atoms with Gasteiger partial charge >= 0.3 is 0 Å². The number of benzene rings is 3. The molecule has 0 atom stereocenters. The van der Waals surface area contributed by atoms with Crippen LogP contribution in [0.15, 0.2) is 89.1 Å². The van der Waals surface area contributed by atoms with E-state index in [9.17, 15) is 4.79 Å². The minimum Gasteiger partial charge on any atom is -0.336 e. The van der Waals surface area contributed by atoms with Crippen molar-refractivity contribution in [1.82, 2.24) is 4.57 Å². The van der Waals surface area contributed by atoms with E-state index in [-0.39, 0.29) is 5.78 Å². The fraction of sp³-hybridized carbons (Fsp3) is 0.125. The first-order valence-corrected chi connectivity index (χ1v) is 9.38. The van der Waals surface area contributed by atoms with E-state index in [0.29, 0.717) is 23.5 Å². The third kappa shape index (κ3) is 3.25. The zero-order valence-corrected chi connectivity index (χ0v) is 16.0. The van der Waals surface area contributed by atoms with E-state index in [1.165, 1.54) is 5.56 Å². The molecular formula is C24H21N3O. The van der Waals surface area contributed by atoms with Crippen molar-refractivity contribution in [1.29, 1.82) is 0 Å². The lowest BCUT2D eigenvalue weighted by Crippen LogP contribution is -2.09. The highest BCUT2D eigenvalue weighted by Gasteiger charge is 2.23. The number of para-hydroxylation sites is 1. The second-order valence-corrected chi connectivity index (χ2v) is 6.69. The Balaban J connectivity index is 1.91. The van der Waals surface area contributed by atoms with E-state index in [1.807, 2.05) is 97.3 Å². The Morgan fingerprint density at radius 1 is 0.857 bits per heavy atom. The molecule has 1 aromatic heterocycles. The van der Waals surface area contributed by atoms with Crippen LogP contribution in [0.5, 0.6) is 0 Å². The molecule has 1 heterocycles. The van der Waals surface area contributed by atoms with Gasteiger partial charge in [0.25, 0.3) is 0 Å². The molecule has 0 radical (unpaired) electrons. The zero-order chi connectivity index (χ0) is 19.5. The van der Waals surface area contributed by atoms with Crippen LogP contribution in [0.1, 0.15) is 28.5 Å². The molecule has 0 aliphatic heterocycles. The number of rotatable bonds is 5. The molecule has 0 saturated carbocycles. The molecule has 0 aliphatic carbocycles. The van der Waals surface area contributed by atoms with Crippen LogP contribution in [0, 0.1) is 6.92 Å². The predicted molar refractivity (Wildman–Crippen MR) is 113 cm³/mol. The quantitative estimate of drug-likeness (QED) is 0.289. The van der Waals surface area contributed by atoms with E-state index in [4.69, 9.17) is 0 Å². The van der Waals surface area contributed by atoms with E-state index >= 15 is 0 Å². The van der Waals surface area contributed by atoms with Gasteiger partial charge in [-0.15, -0.1) is 5.11 Å². The topological polar surface area (TPSA) is 46.7 Å². The van der Waals surface area contributed by atoms with Gasteiger partial charge in [0, 0.05) is 17.5 Å². The summed E-state index contributed by atoms with van der Waals surface area (Å²) in [6.07, 6.45) is 0. The largest absolute Gasteiger partial charge is 0.336 e. The van der Waals surface area contributed by atoms with E-state index in [2.05, 4.69) is 10.2 Å². The van der Waals surface area contributed by atoms with Crippen molar-refractivity contribution in [3.05, 3.63) is 95.7 Å². The number of carbonyl (C=O) groups is 1. The Labute approximate surface area is 164 Å². The lowest BCUT2D eigenvalue weighted by Gasteiger charge is -2.07. The fourth-order valence-corrected chi connectivity index (χ4v) is 3.39. The highest BCUT2D eigenvalue weighted by Crippen LogP contribution is 2.36. The van der Waals surface area contributed by atoms with Gasteiger partial charge in [0.15, 0.2) is 0 Å². The van der Waals surface area contributed by atoms with Crippen LogP contribution >= 0.6 is 0 Å². The second kappa shape index (κ2) is 7.61. The molecule has 0 unspecified atom stereocenters. The molecule has 4 rings (SSSR count). The van der Waals surface area contributed by atoms with Crippen LogP contribution in [0.2, 0.25) is 0 Å². The summed E-state index contributed by atoms with van der Waals surface area (Å²) < 4.78 is 2.02. The minimum atomic E-state index is -0.0449. The molecule has 4 nitrogen and oxygen atoms in total. The van der Waals surface area contributed by atoms with Crippen LogP contribution in [-0.2, 0) is 6.54 Å². The molecular weight excluding hydrogens is 346 g/mol. The van der Waals surface area contributed by atoms with Crippen LogP contribution < -0.4 is 0 Å². The van der Waals surface area contributed by atoms with Crippen LogP contribution in [0.25, 0.3) is 10.9 Å². The van der Waals surface area contributed by atoms with Crippen molar-refractivity contribution in [3.63, 3.8) is 0 Å². The fourth-order valence-electron chi connectivity index (χ4n) is 3.39. The Morgan fingerprint density at radius 2 is 1.54 bits per heavy atom. The summed E-state index contributed by atoms with van der Waals surface area (Å²) in [6, 6.07) is 25.1. The maximum Gasteiger partial charge on any atom is 0.211 e. The Kier molecular flexibility index (Phi) is 4.85. The number of ketones is 1. The molecule has 0 saturated heterocycles. The number of carbonyl (C=O) groups excluding carboxylic acids is 1. The Morgan fingerprint density at radius 3 is 2.25 bits per heavy atom. The predicted octanol–water partition coefficient (Wildman–Crippen LogP) is 6.62. The third-order valence-electron chi connectivity index (χ3n) is 4.81. The van der Waals surface area contributed by atoms with Crippen molar-refractivity contribution in [2.75, 3.05) is 0 Å². The summed E-state index contributed by atoms with van der Waals surface area (Å²) in [5.41, 5.74) is 4.75. The van der Waals surface area contributed by atoms with Gasteiger partial charge < -0.3 is 4.57 Å². The summed E-state index contributed by atoms with van der Waals surface area (Å²) in [5, 5.41) is 9.87. The highest BCUT2D eigenvalue weighted by molar-refractivity contribution is 6.16. The third-order valence-corrected chi connectivity index (χ3v) is 4.81. The average Bonchev–Trinajstić information content (AvgIpc) is 3.07. The number of fused-ring (bicyclic) bond motifs is 1. The van der Waals surface area contributed by atoms with Gasteiger partial charge in [0.1, 0.15) is 11.4 Å². The van der Waals surface area contributed by atoms with E-state index < -0.39 is 0 Å². The molecule has 4 heteroatoms. The van der Waals surface area contributed by atoms with Crippen molar-refractivity contribution < 1.29 is 4.79 Å². The molecule has 0 aliphatic rings. The summed E-state index contributed by atoms with van der Waals surface area (Å²) in [4.78, 5) is 13.3. The van der Waals surface area contributed by atoms with Gasteiger partial charge in [-0.05, 0) is 32.0 Å². The molecule has 3 aromatic carbocycles. The zero-order valence-electron chi connectivity index (χ0n) is 16.0. The van der Waals surface area contributed by atoms with Crippen molar-refractivity contribution in [2.24, 2.45) is 10.2 Å². The molecule has 138 valence electrons. The van der Waals surface area contributed by atoms with Crippen molar-refractivity contribution in [2.45, 2.75) is 20.4 Å². The number of nitrogens with zero attached hydrogens (tertiary/aromatic N) is 3. The normalized spacial score (nSPS) is 11.4. The smallest absolute Gasteiger partial charge is 0.211 e. The van der Waals surface area contributed by atoms with E-state index in [0.717, 1.165) is 16.6 Å². The standard InChI is InChI=1S/C24H21N3O/c1-3-27-21-12-8-7-11-20(21)22(26-25-19-15-13-17(2)14-16-19)23(27)24(28)18-9-5-4-6-10-18/h4-16H,3H2,1-2H3/b26-25+. The first-order chi connectivity index (χ1) is 13.7. The van der Waals surface area contributed by atoms with Gasteiger partial charge in [-0.1, -0.05) is 66.2 Å². The first kappa shape index (κ1) is 17.9. The molecule has 4 aromatic rings. The Bertz CT molecular complexity index is 1160. The van der Waals surface area contributed by atoms with Gasteiger partial charge in [-0.3, -0.25) is 4.79 Å². The monoisotopic (exact) mass is 367 g/mol. The van der Waals surface area contributed by atoms with Gasteiger partial charge in [-0.2, -0.15) is 5.11 Å². The van der Waals surface area contributed by atoms with Gasteiger partial charge in [-0.25, -0.2) is 0 Å². The number of aryl methyl sites for hydroxylation is 2. The molecule has 28 heavy (non-hydrogen) atoms. The molecule has 0 fully saturated rings. The molecule has 0 bridgehead atoms. The summed E-state index contributed by atoms with van der Waals surface area (Å²) in [7, 11) is 0. The van der Waals surface area contributed by atoms with Crippen LogP contribution in [0.3, 0.4) is 0 Å². The average molecular weight is 367 g/mol. The maximum absolute atomic E-state index is 13.3. The number of hydrogen-bond donors (Lipinski definition) is 0. The lowest BCUT2D eigenvalue weighted by atomic mass is 10.1. The van der Waals surface area contributed by atoms with Crippen LogP contribution in [-0.4, -0.2) is 10.4 Å². The molecule has 0 N–H and O–H groups in total. The summed E-state index contributed by atoms with van der Waals surface area (Å²) >= 11 is 0. The highest BCUT2D eigenvalue weighted by atomic mass is 16.1. The lowest BCUT2D eigenvalue weighted by molar-refractivity contribution is 0.103. The van der Waals surface area contributed by atoms with Crippen molar-refractivity contribution in [3.8, 4) is 0 Å². The summed E-state index contributed by atoms with van der Waals surface area (Å²) in [6.45, 7) is 4.75. The molecule has 0 spiro atoms. The van der Waals surface area contributed by atoms with Crippen LogP contribution in [0.4, 0.5) is 11.4 Å². The second-order valence-electron chi connectivity index (χ2n) is 6.69. The van der Waals surface area contributed by atoms with Crippen molar-refractivity contribution >= 4 is 28.1 Å². The SMILES string of the molecule is CCn1c(C(=O)c2ccccc2)c(/N=N/c2ccc(C)cc2)c2ccccc21. The minimum absolute atomic E-state index is 0.0449.